The molecular weight excluding hydrogens is 268 g/mol. The Hall–Kier alpha value is -1.96. The fourth-order valence-corrected chi connectivity index (χ4v) is 3.79. The van der Waals surface area contributed by atoms with Crippen molar-refractivity contribution in [3.8, 4) is 0 Å². The first kappa shape index (κ1) is 15.0. The number of nitrogen functional groups attached to an aromatic ring is 2. The Labute approximate surface area is 133 Å². The Morgan fingerprint density at radius 2 is 1.05 bits per heavy atom. The van der Waals surface area contributed by atoms with Gasteiger partial charge in [-0.15, -0.1) is 0 Å². The molecule has 0 atom stereocenters. The van der Waals surface area contributed by atoms with Crippen LogP contribution in [0.4, 0.5) is 11.4 Å². The van der Waals surface area contributed by atoms with Gasteiger partial charge in [-0.2, -0.15) is 0 Å². The quantitative estimate of drug-likeness (QED) is 0.621. The van der Waals surface area contributed by atoms with Crippen LogP contribution in [0.25, 0.3) is 0 Å². The number of benzene rings is 2. The molecule has 0 bridgehead atoms. The lowest BCUT2D eigenvalue weighted by molar-refractivity contribution is 0.412. The molecule has 0 aliphatic heterocycles. The van der Waals surface area contributed by atoms with Crippen LogP contribution in [0.15, 0.2) is 48.5 Å². The van der Waals surface area contributed by atoms with Crippen LogP contribution in [0.1, 0.15) is 55.6 Å². The normalized spacial score (nSPS) is 16.6. The standard InChI is InChI=1S/C20H26N2/c21-18-11-7-16(8-12-18)20(15-5-3-1-2-4-6-15)17-9-13-19(22)14-10-17/h7-15,20H,1-6,21-22H2. The molecule has 0 unspecified atom stereocenters. The Morgan fingerprint density at radius 1 is 0.636 bits per heavy atom. The maximum atomic E-state index is 5.87. The predicted octanol–water partition coefficient (Wildman–Crippen LogP) is 4.95. The Balaban J connectivity index is 1.96. The number of anilines is 2. The molecule has 0 spiro atoms. The summed E-state index contributed by atoms with van der Waals surface area (Å²) in [4.78, 5) is 0. The monoisotopic (exact) mass is 294 g/mol. The van der Waals surface area contributed by atoms with E-state index in [9.17, 15) is 0 Å². The summed E-state index contributed by atoms with van der Waals surface area (Å²) in [6.45, 7) is 0. The molecule has 0 heterocycles. The van der Waals surface area contributed by atoms with E-state index >= 15 is 0 Å². The van der Waals surface area contributed by atoms with Crippen molar-refractivity contribution in [2.45, 2.75) is 44.4 Å². The van der Waals surface area contributed by atoms with Crippen LogP contribution in [-0.4, -0.2) is 0 Å². The zero-order chi connectivity index (χ0) is 15.4. The molecule has 1 saturated carbocycles. The Kier molecular flexibility index (Phi) is 4.67. The maximum Gasteiger partial charge on any atom is 0.0314 e. The van der Waals surface area contributed by atoms with Crippen molar-refractivity contribution < 1.29 is 0 Å². The van der Waals surface area contributed by atoms with Gasteiger partial charge < -0.3 is 11.5 Å². The van der Waals surface area contributed by atoms with Gasteiger partial charge in [-0.25, -0.2) is 0 Å². The molecule has 0 saturated heterocycles. The molecule has 4 N–H and O–H groups in total. The fourth-order valence-electron chi connectivity index (χ4n) is 3.79. The number of hydrogen-bond acceptors (Lipinski definition) is 2. The molecule has 1 fully saturated rings. The van der Waals surface area contributed by atoms with Gasteiger partial charge in [-0.1, -0.05) is 49.9 Å². The van der Waals surface area contributed by atoms with E-state index in [2.05, 4.69) is 24.3 Å². The predicted molar refractivity (Wildman–Crippen MR) is 94.7 cm³/mol. The highest BCUT2D eigenvalue weighted by Gasteiger charge is 2.25. The van der Waals surface area contributed by atoms with Crippen LogP contribution in [0.3, 0.4) is 0 Å². The van der Waals surface area contributed by atoms with Gasteiger partial charge in [-0.05, 0) is 54.2 Å². The lowest BCUT2D eigenvalue weighted by Crippen LogP contribution is -2.14. The summed E-state index contributed by atoms with van der Waals surface area (Å²) in [5, 5.41) is 0. The molecule has 2 nitrogen and oxygen atoms in total. The molecular formula is C20H26N2. The van der Waals surface area contributed by atoms with E-state index in [1.165, 1.54) is 49.7 Å². The summed E-state index contributed by atoms with van der Waals surface area (Å²) < 4.78 is 0. The molecule has 0 amide bonds. The van der Waals surface area contributed by atoms with Gasteiger partial charge >= 0.3 is 0 Å². The minimum absolute atomic E-state index is 0.458. The third-order valence-electron chi connectivity index (χ3n) is 4.96. The minimum Gasteiger partial charge on any atom is -0.399 e. The first-order valence-corrected chi connectivity index (χ1v) is 8.45. The Bertz CT molecular complexity index is 533. The average molecular weight is 294 g/mol. The molecule has 116 valence electrons. The van der Waals surface area contributed by atoms with Crippen molar-refractivity contribution in [3.63, 3.8) is 0 Å². The molecule has 2 aromatic rings. The highest BCUT2D eigenvalue weighted by Crippen LogP contribution is 2.40. The SMILES string of the molecule is Nc1ccc(C(c2ccc(N)cc2)C2CCCCCC2)cc1. The molecule has 1 aliphatic rings. The zero-order valence-corrected chi connectivity index (χ0v) is 13.2. The third kappa shape index (κ3) is 3.44. The van der Waals surface area contributed by atoms with E-state index in [1.54, 1.807) is 0 Å². The topological polar surface area (TPSA) is 52.0 Å². The number of rotatable bonds is 3. The first-order chi connectivity index (χ1) is 10.7. The van der Waals surface area contributed by atoms with E-state index in [0.29, 0.717) is 5.92 Å². The van der Waals surface area contributed by atoms with Crippen molar-refractivity contribution in [3.05, 3.63) is 59.7 Å². The van der Waals surface area contributed by atoms with Gasteiger partial charge in [0.05, 0.1) is 0 Å². The van der Waals surface area contributed by atoms with Crippen molar-refractivity contribution in [2.24, 2.45) is 5.92 Å². The van der Waals surface area contributed by atoms with Crippen molar-refractivity contribution in [2.75, 3.05) is 11.5 Å². The second-order valence-electron chi connectivity index (χ2n) is 6.56. The van der Waals surface area contributed by atoms with Gasteiger partial charge in [0, 0.05) is 17.3 Å². The highest BCUT2D eigenvalue weighted by atomic mass is 14.5. The summed E-state index contributed by atoms with van der Waals surface area (Å²) in [7, 11) is 0. The second kappa shape index (κ2) is 6.87. The summed E-state index contributed by atoms with van der Waals surface area (Å²) in [6, 6.07) is 16.9. The minimum atomic E-state index is 0.458. The fraction of sp³-hybridized carbons (Fsp3) is 0.400. The van der Waals surface area contributed by atoms with Crippen LogP contribution < -0.4 is 11.5 Å². The molecule has 3 rings (SSSR count). The van der Waals surface area contributed by atoms with Crippen LogP contribution in [0.5, 0.6) is 0 Å². The van der Waals surface area contributed by atoms with Crippen molar-refractivity contribution >= 4 is 11.4 Å². The van der Waals surface area contributed by atoms with Crippen molar-refractivity contribution in [1.82, 2.24) is 0 Å². The third-order valence-corrected chi connectivity index (χ3v) is 4.96. The largest absolute Gasteiger partial charge is 0.399 e. The van der Waals surface area contributed by atoms with Crippen LogP contribution in [0.2, 0.25) is 0 Å². The summed E-state index contributed by atoms with van der Waals surface area (Å²) in [6.07, 6.45) is 8.11. The molecule has 1 aliphatic carbocycles. The van der Waals surface area contributed by atoms with Crippen molar-refractivity contribution in [1.29, 1.82) is 0 Å². The van der Waals surface area contributed by atoms with E-state index in [1.807, 2.05) is 24.3 Å². The maximum absolute atomic E-state index is 5.87. The second-order valence-corrected chi connectivity index (χ2v) is 6.56. The van der Waals surface area contributed by atoms with E-state index in [4.69, 9.17) is 11.5 Å². The van der Waals surface area contributed by atoms with Gasteiger partial charge in [0.15, 0.2) is 0 Å². The molecule has 2 aromatic carbocycles. The molecule has 0 aromatic heterocycles. The van der Waals surface area contributed by atoms with E-state index in [-0.39, 0.29) is 0 Å². The Morgan fingerprint density at radius 3 is 1.45 bits per heavy atom. The average Bonchev–Trinajstić information content (AvgIpc) is 2.81. The van der Waals surface area contributed by atoms with Crippen LogP contribution >= 0.6 is 0 Å². The van der Waals surface area contributed by atoms with Gasteiger partial charge in [0.2, 0.25) is 0 Å². The molecule has 22 heavy (non-hydrogen) atoms. The molecule has 0 radical (unpaired) electrons. The first-order valence-electron chi connectivity index (χ1n) is 8.45. The van der Waals surface area contributed by atoms with E-state index in [0.717, 1.165) is 17.3 Å². The number of hydrogen-bond donors (Lipinski definition) is 2. The lowest BCUT2D eigenvalue weighted by atomic mass is 9.77. The van der Waals surface area contributed by atoms with Gasteiger partial charge in [0.25, 0.3) is 0 Å². The number of nitrogens with two attached hydrogens (primary N) is 2. The van der Waals surface area contributed by atoms with Gasteiger partial charge in [-0.3, -0.25) is 0 Å². The zero-order valence-electron chi connectivity index (χ0n) is 13.2. The summed E-state index contributed by atoms with van der Waals surface area (Å²) in [5.74, 6) is 1.18. The van der Waals surface area contributed by atoms with Crippen LogP contribution in [0, 0.1) is 5.92 Å². The molecule has 2 heteroatoms. The lowest BCUT2D eigenvalue weighted by Gasteiger charge is -2.27. The summed E-state index contributed by atoms with van der Waals surface area (Å²) >= 11 is 0. The smallest absolute Gasteiger partial charge is 0.0314 e. The van der Waals surface area contributed by atoms with Crippen LogP contribution in [-0.2, 0) is 0 Å². The van der Waals surface area contributed by atoms with Gasteiger partial charge in [0.1, 0.15) is 0 Å². The van der Waals surface area contributed by atoms with E-state index < -0.39 is 0 Å². The summed E-state index contributed by atoms with van der Waals surface area (Å²) in [5.41, 5.74) is 16.2. The highest BCUT2D eigenvalue weighted by molar-refractivity contribution is 5.46.